The number of nitrogens with one attached hydrogen (secondary N) is 1. The molecule has 1 spiro atoms. The fourth-order valence-corrected chi connectivity index (χ4v) is 14.6. The molecular formula is C105H101N5O20. The van der Waals surface area contributed by atoms with Crippen molar-refractivity contribution in [2.75, 3.05) is 30.0 Å². The second kappa shape index (κ2) is 42.4. The minimum Gasteiger partial charge on any atom is -0.481 e. The first-order valence-electron chi connectivity index (χ1n) is 41.5. The molecule has 5 unspecified atom stereocenters. The quantitative estimate of drug-likeness (QED) is 0.0339. The molecule has 0 bridgehead atoms. The lowest BCUT2D eigenvalue weighted by Gasteiger charge is -2.08. The maximum absolute atomic E-state index is 12.0. The predicted molar refractivity (Wildman–Crippen MR) is 502 cm³/mol. The van der Waals surface area contributed by atoms with Crippen molar-refractivity contribution in [1.82, 2.24) is 5.32 Å². The van der Waals surface area contributed by atoms with Crippen molar-refractivity contribution in [1.29, 1.82) is 0 Å². The molecule has 2 aliphatic heterocycles. The maximum Gasteiger partial charge on any atom is 0.346 e. The monoisotopic (exact) mass is 1750 g/mol. The average Bonchev–Trinajstić information content (AvgIpc) is 1.45. The Morgan fingerprint density at radius 2 is 0.585 bits per heavy atom. The normalized spacial score (nSPS) is 15.2. The van der Waals surface area contributed by atoms with Crippen LogP contribution in [0.5, 0.6) is 23.0 Å². The van der Waals surface area contributed by atoms with Gasteiger partial charge in [-0.1, -0.05) is 138 Å². The van der Waals surface area contributed by atoms with Crippen LogP contribution in [0.3, 0.4) is 0 Å². The summed E-state index contributed by atoms with van der Waals surface area (Å²) in [5.41, 5.74) is 41.1. The van der Waals surface area contributed by atoms with E-state index in [0.29, 0.717) is 17.5 Å². The van der Waals surface area contributed by atoms with E-state index in [1.807, 2.05) is 72.8 Å². The minimum absolute atomic E-state index is 0.0181. The summed E-state index contributed by atoms with van der Waals surface area (Å²) in [6.45, 7) is 27.4. The second-order valence-electron chi connectivity index (χ2n) is 32.0. The molecule has 1 amide bonds. The smallest absolute Gasteiger partial charge is 0.346 e. The minimum atomic E-state index is -1.21. The first kappa shape index (κ1) is 96.3. The Balaban J connectivity index is 0.000000154. The van der Waals surface area contributed by atoms with Crippen LogP contribution in [-0.4, -0.2) is 64.8 Å². The molecule has 12 aromatic carbocycles. The van der Waals surface area contributed by atoms with Gasteiger partial charge < -0.3 is 66.2 Å². The number of hydrogen-bond donors (Lipinski definition) is 7. The van der Waals surface area contributed by atoms with Gasteiger partial charge in [-0.3, -0.25) is 19.2 Å². The third-order valence-electron chi connectivity index (χ3n) is 22.4. The fourth-order valence-electron chi connectivity index (χ4n) is 14.6. The number of hydrogen-bond acceptors (Lipinski definition) is 22. The second-order valence-corrected chi connectivity index (χ2v) is 32.0. The predicted octanol–water partition coefficient (Wildman–Crippen LogP) is 18.6. The van der Waals surface area contributed by atoms with Crippen LogP contribution in [0.25, 0.3) is 43.8 Å². The number of aryl methyl sites for hydroxylation is 12. The number of carboxylic acids is 2. The number of Topliss-reactive ketones (excluding diaryl/α,β-unsaturated/α-hetero) is 1. The highest BCUT2D eigenvalue weighted by atomic mass is 16.6. The van der Waals surface area contributed by atoms with Crippen LogP contribution in [0.1, 0.15) is 128 Å². The summed E-state index contributed by atoms with van der Waals surface area (Å²) in [5, 5.41) is 20.7. The lowest BCUT2D eigenvalue weighted by atomic mass is 9.97. The molecule has 4 heterocycles. The molecule has 25 heteroatoms. The average molecular weight is 1750 g/mol. The van der Waals surface area contributed by atoms with Crippen LogP contribution in [-0.2, 0) is 28.7 Å². The molecule has 0 saturated heterocycles. The first-order valence-corrected chi connectivity index (χ1v) is 41.5. The molecule has 2 fully saturated rings. The van der Waals surface area contributed by atoms with Crippen molar-refractivity contribution in [3.63, 3.8) is 0 Å². The number of rotatable bonds is 12. The van der Waals surface area contributed by atoms with Crippen LogP contribution in [0.15, 0.2) is 271 Å². The summed E-state index contributed by atoms with van der Waals surface area (Å²) in [6, 6.07) is 75.6. The van der Waals surface area contributed by atoms with E-state index >= 15 is 0 Å². The molecule has 14 aromatic rings. The molecule has 18 rings (SSSR count). The number of amides is 1. The lowest BCUT2D eigenvalue weighted by molar-refractivity contribution is -0.140. The van der Waals surface area contributed by atoms with Crippen molar-refractivity contribution in [3.8, 4) is 45.3 Å². The van der Waals surface area contributed by atoms with Crippen molar-refractivity contribution in [2.45, 2.75) is 103 Å². The summed E-state index contributed by atoms with van der Waals surface area (Å²) in [6.07, 6.45) is 0.781. The van der Waals surface area contributed by atoms with Gasteiger partial charge in [0.1, 0.15) is 28.8 Å². The molecule has 0 radical (unpaired) electrons. The number of cyclic esters (lactones) is 4. The van der Waals surface area contributed by atoms with Gasteiger partial charge in [-0.25, -0.2) is 38.4 Å². The van der Waals surface area contributed by atoms with E-state index in [1.165, 1.54) is 109 Å². The highest BCUT2D eigenvalue weighted by Gasteiger charge is 2.92. The number of furan rings is 2. The number of ketones is 1. The zero-order chi connectivity index (χ0) is 94.9. The Labute approximate surface area is 750 Å². The zero-order valence-corrected chi connectivity index (χ0v) is 74.4. The van der Waals surface area contributed by atoms with E-state index < -0.39 is 93.3 Å². The molecule has 5 atom stereocenters. The Morgan fingerprint density at radius 1 is 0.323 bits per heavy atom. The fraction of sp³-hybridized carbons (Fsp3) is 0.200. The van der Waals surface area contributed by atoms with Gasteiger partial charge in [-0.15, -0.1) is 0 Å². The number of fused-ring (bicyclic) bond motifs is 4. The third-order valence-corrected chi connectivity index (χ3v) is 22.4. The van der Waals surface area contributed by atoms with Gasteiger partial charge in [0.2, 0.25) is 5.91 Å². The molecule has 11 N–H and O–H groups in total. The van der Waals surface area contributed by atoms with E-state index in [0.717, 1.165) is 57.9 Å². The van der Waals surface area contributed by atoms with Crippen molar-refractivity contribution in [3.05, 3.63) is 373 Å². The lowest BCUT2D eigenvalue weighted by Crippen LogP contribution is -2.22. The Kier molecular flexibility index (Phi) is 31.4. The molecule has 2 saturated carbocycles. The van der Waals surface area contributed by atoms with Gasteiger partial charge in [0.05, 0.1) is 61.6 Å². The van der Waals surface area contributed by atoms with Gasteiger partial charge in [0.25, 0.3) is 0 Å². The largest absolute Gasteiger partial charge is 0.481 e. The first-order chi connectivity index (χ1) is 61.7. The van der Waals surface area contributed by atoms with Crippen LogP contribution < -0.4 is 60.2 Å². The van der Waals surface area contributed by atoms with Gasteiger partial charge in [0.15, 0.2) is 0 Å². The van der Waals surface area contributed by atoms with Crippen molar-refractivity contribution < 1.29 is 76.4 Å². The van der Waals surface area contributed by atoms with Crippen molar-refractivity contribution in [2.24, 2.45) is 29.1 Å². The summed E-state index contributed by atoms with van der Waals surface area (Å²) in [7, 11) is 1.37. The Morgan fingerprint density at radius 3 is 0.877 bits per heavy atom. The van der Waals surface area contributed by atoms with E-state index in [1.54, 1.807) is 67.6 Å². The van der Waals surface area contributed by atoms with E-state index in [2.05, 4.69) is 180 Å². The number of nitrogen functional groups attached to an aromatic ring is 4. The molecular weight excluding hydrogens is 1650 g/mol. The number of carbonyl (C=O) groups is 8. The van der Waals surface area contributed by atoms with Gasteiger partial charge in [-0.2, -0.15) is 0 Å². The summed E-state index contributed by atoms with van der Waals surface area (Å²) in [4.78, 5) is 137. The molecule has 2 aliphatic carbocycles. The Hall–Kier alpha value is -15.9. The van der Waals surface area contributed by atoms with Crippen LogP contribution in [0.2, 0.25) is 0 Å². The third kappa shape index (κ3) is 23.8. The topological polar surface area (TPSA) is 425 Å². The highest BCUT2D eigenvalue weighted by Crippen LogP contribution is 2.82. The van der Waals surface area contributed by atoms with Crippen molar-refractivity contribution >= 4 is 91.8 Å². The summed E-state index contributed by atoms with van der Waals surface area (Å²) >= 11 is 0. The Bertz CT molecular complexity index is 6210. The number of aliphatic carboxylic acids is 2. The highest BCUT2D eigenvalue weighted by molar-refractivity contribution is 6.17. The van der Waals surface area contributed by atoms with E-state index in [-0.39, 0.29) is 56.0 Å². The van der Waals surface area contributed by atoms with Crippen LogP contribution in [0, 0.1) is 112 Å². The molecule has 2 aromatic heterocycles. The van der Waals surface area contributed by atoms with E-state index in [9.17, 15) is 67.7 Å². The van der Waals surface area contributed by atoms with Gasteiger partial charge in [-0.05, 0) is 290 Å². The number of esters is 4. The summed E-state index contributed by atoms with van der Waals surface area (Å²) in [5.74, 6) is -6.52. The standard InChI is InChI=1S/C16H6O6.C16H18.C14H14O.C13H17NO6.C12H12N2O.C10H2O6.C10H14.C8H10.C6H8N2/c17-13-9-3-1-7(5-11(9)15(19)21-13)8-2-4-10-12(6-8)16(20)22-14(10)18;1-11-5-7-15(9-13(11)3)16-8-6-12(2)14(4)10-16;1-11-3-7-13(8-4-11)15-14-9-5-12(2)6-10-14;1-3-4-5(15)6-8(11(17)18)13(6)7(10(16)14-2)9(13)12(19)20;13-9-1-5-11(6-2-9)15-12-7-3-10(14)4-8-12;11-7-3-1-4-6(10(14)16-8(4)12)2-5(3)9(13)15-7;1-7-5-9(3)10(4)6-8(7)2;1-7-3-5-8(2)6-4-7;7-5-1-2-6(8)4-3-5/h1-6H;5-10H,1-4H3;3-10H,1-2H3;6-9H,3-4H2,1-2H3,(H,14,16)(H,17,18)(H,19,20);1-8H,13-14H2;1-2H;5-6H,1-4H3;3-6H,1-2H3;1-4H,7-8H2. The molecule has 666 valence electrons. The SMILES string of the molecule is CCCC(=O)C1C(C(=O)O)C12C(C(=O)O)C2C(=O)NC.Cc1cc(C)c(C)cc1C.Cc1ccc(-c2ccc(C)c(C)c2)cc1C.Cc1ccc(C)cc1.Cc1ccc(Oc2ccc(C)cc2)cc1.Nc1ccc(N)cc1.Nc1ccc(Oc2ccc(N)cc2)cc1.O=C1OC(=O)c2cc(-c3ccc4c(c3)C(=O)OC4=O)ccc21.O=c1oc(=O)c2cc3c(=O)oc(=O)c3cc12. The van der Waals surface area contributed by atoms with Crippen LogP contribution in [0.4, 0.5) is 22.7 Å². The summed E-state index contributed by atoms with van der Waals surface area (Å²) < 4.78 is 29.0. The molecule has 25 nitrogen and oxygen atoms in total. The molecule has 130 heavy (non-hydrogen) atoms. The molecule has 4 aliphatic rings. The van der Waals surface area contributed by atoms with Gasteiger partial charge in [0, 0.05) is 47.6 Å². The van der Waals surface area contributed by atoms with Crippen LogP contribution >= 0.6 is 0 Å². The maximum atomic E-state index is 12.0. The van der Waals surface area contributed by atoms with E-state index in [4.69, 9.17) is 32.4 Å². The number of carbonyl (C=O) groups excluding carboxylic acids is 6. The number of ether oxygens (including phenoxy) is 4. The zero-order valence-electron chi connectivity index (χ0n) is 74.4. The number of nitrogens with two attached hydrogens (primary N) is 4. The number of benzene rings is 12. The number of carboxylic acid groups (broad SMARTS) is 2. The van der Waals surface area contributed by atoms with Gasteiger partial charge >= 0.3 is 58.3 Å². The number of anilines is 4.